The number of H-pyrrole nitrogens is 2. The van der Waals surface area contributed by atoms with Gasteiger partial charge in [-0.15, -0.1) is 0 Å². The zero-order valence-electron chi connectivity index (χ0n) is 21.3. The van der Waals surface area contributed by atoms with Crippen LogP contribution < -0.4 is 5.32 Å². The fourth-order valence-electron chi connectivity index (χ4n) is 4.49. The molecule has 0 fully saturated rings. The SMILES string of the molecule is CC(C)(C)CC(=O)Nc1cncc(-c2ccc3[nH]nc(-c4cc5c(-c6ccccn6)cncc5[nH]4)c3n2)c1. The molecule has 0 radical (unpaired) electrons. The quantitative estimate of drug-likeness (QED) is 0.265. The van der Waals surface area contributed by atoms with E-state index in [0.717, 1.165) is 50.1 Å². The highest BCUT2D eigenvalue weighted by Gasteiger charge is 2.18. The van der Waals surface area contributed by atoms with E-state index in [2.05, 4.69) is 41.5 Å². The summed E-state index contributed by atoms with van der Waals surface area (Å²) < 4.78 is 0. The topological polar surface area (TPSA) is 125 Å². The van der Waals surface area contributed by atoms with Crippen molar-refractivity contribution in [3.8, 4) is 33.9 Å². The molecular weight excluding hydrogens is 476 g/mol. The first-order chi connectivity index (χ1) is 18.3. The molecule has 0 saturated carbocycles. The van der Waals surface area contributed by atoms with E-state index in [-0.39, 0.29) is 11.3 Å². The lowest BCUT2D eigenvalue weighted by Crippen LogP contribution is -2.19. The number of amides is 1. The minimum absolute atomic E-state index is 0.0460. The Balaban J connectivity index is 1.36. The second kappa shape index (κ2) is 9.19. The van der Waals surface area contributed by atoms with Gasteiger partial charge in [-0.2, -0.15) is 5.10 Å². The van der Waals surface area contributed by atoms with Crippen molar-refractivity contribution in [2.75, 3.05) is 5.32 Å². The molecule has 0 aliphatic carbocycles. The zero-order valence-corrected chi connectivity index (χ0v) is 21.3. The van der Waals surface area contributed by atoms with Crippen LogP contribution >= 0.6 is 0 Å². The minimum Gasteiger partial charge on any atom is -0.352 e. The van der Waals surface area contributed by atoms with Crippen LogP contribution in [0.3, 0.4) is 0 Å². The molecule has 0 atom stereocenters. The molecule has 0 aliphatic rings. The molecule has 0 unspecified atom stereocenters. The summed E-state index contributed by atoms with van der Waals surface area (Å²) in [6.45, 7) is 6.10. The summed E-state index contributed by atoms with van der Waals surface area (Å²) in [5, 5.41) is 11.6. The molecular formula is C29H26N8O. The zero-order chi connectivity index (χ0) is 26.3. The Bertz CT molecular complexity index is 1780. The lowest BCUT2D eigenvalue weighted by atomic mass is 9.92. The van der Waals surface area contributed by atoms with Crippen LogP contribution in [0, 0.1) is 5.41 Å². The van der Waals surface area contributed by atoms with E-state index in [1.54, 1.807) is 24.8 Å². The number of pyridine rings is 4. The van der Waals surface area contributed by atoms with Crippen LogP contribution in [0.2, 0.25) is 0 Å². The average molecular weight is 503 g/mol. The smallest absolute Gasteiger partial charge is 0.224 e. The number of rotatable bonds is 5. The molecule has 6 aromatic rings. The summed E-state index contributed by atoms with van der Waals surface area (Å²) in [6, 6.07) is 13.6. The van der Waals surface area contributed by atoms with E-state index in [9.17, 15) is 4.79 Å². The van der Waals surface area contributed by atoms with E-state index in [1.165, 1.54) is 0 Å². The van der Waals surface area contributed by atoms with Crippen LogP contribution in [0.1, 0.15) is 27.2 Å². The second-order valence-electron chi connectivity index (χ2n) is 10.5. The van der Waals surface area contributed by atoms with E-state index in [1.807, 2.05) is 63.4 Å². The number of anilines is 1. The second-order valence-corrected chi connectivity index (χ2v) is 10.5. The van der Waals surface area contributed by atoms with Crippen LogP contribution in [0.5, 0.6) is 0 Å². The van der Waals surface area contributed by atoms with Crippen LogP contribution in [-0.4, -0.2) is 41.0 Å². The summed E-state index contributed by atoms with van der Waals surface area (Å²) in [6.07, 6.45) is 9.19. The van der Waals surface area contributed by atoms with Gasteiger partial charge in [0.05, 0.1) is 46.2 Å². The number of hydrogen-bond donors (Lipinski definition) is 3. The average Bonchev–Trinajstić information content (AvgIpc) is 3.51. The molecule has 6 heterocycles. The van der Waals surface area contributed by atoms with Gasteiger partial charge >= 0.3 is 0 Å². The minimum atomic E-state index is -0.101. The number of nitrogens with zero attached hydrogens (tertiary/aromatic N) is 5. The first kappa shape index (κ1) is 23.5. The molecule has 6 aromatic heterocycles. The lowest BCUT2D eigenvalue weighted by molar-refractivity contribution is -0.117. The highest BCUT2D eigenvalue weighted by atomic mass is 16.1. The molecule has 3 N–H and O–H groups in total. The maximum Gasteiger partial charge on any atom is 0.224 e. The molecule has 0 aromatic carbocycles. The Hall–Kier alpha value is -4.92. The fraction of sp³-hybridized carbons (Fsp3) is 0.172. The predicted octanol–water partition coefficient (Wildman–Crippen LogP) is 6.00. The summed E-state index contributed by atoms with van der Waals surface area (Å²) in [5.41, 5.74) is 7.80. The van der Waals surface area contributed by atoms with E-state index in [4.69, 9.17) is 4.98 Å². The summed E-state index contributed by atoms with van der Waals surface area (Å²) in [5.74, 6) is -0.0460. The molecule has 9 nitrogen and oxygen atoms in total. The van der Waals surface area contributed by atoms with Gasteiger partial charge in [0.1, 0.15) is 11.2 Å². The van der Waals surface area contributed by atoms with Crippen molar-refractivity contribution in [3.05, 3.63) is 73.4 Å². The molecule has 9 heteroatoms. The van der Waals surface area contributed by atoms with Crippen LogP contribution in [0.25, 0.3) is 55.8 Å². The number of hydrogen-bond acceptors (Lipinski definition) is 6. The first-order valence-electron chi connectivity index (χ1n) is 12.3. The van der Waals surface area contributed by atoms with E-state index < -0.39 is 0 Å². The maximum atomic E-state index is 12.4. The molecule has 6 rings (SSSR count). The van der Waals surface area contributed by atoms with Gasteiger partial charge < -0.3 is 10.3 Å². The third-order valence-corrected chi connectivity index (χ3v) is 6.16. The van der Waals surface area contributed by atoms with Gasteiger partial charge in [0.25, 0.3) is 0 Å². The predicted molar refractivity (Wildman–Crippen MR) is 148 cm³/mol. The Morgan fingerprint density at radius 1 is 0.947 bits per heavy atom. The van der Waals surface area contributed by atoms with Gasteiger partial charge in [-0.1, -0.05) is 26.8 Å². The Morgan fingerprint density at radius 3 is 2.63 bits per heavy atom. The molecule has 38 heavy (non-hydrogen) atoms. The third kappa shape index (κ3) is 4.61. The maximum absolute atomic E-state index is 12.4. The van der Waals surface area contributed by atoms with Gasteiger partial charge in [-0.3, -0.25) is 24.8 Å². The highest BCUT2D eigenvalue weighted by Crippen LogP contribution is 2.33. The Labute approximate surface area is 218 Å². The number of carbonyl (C=O) groups is 1. The summed E-state index contributed by atoms with van der Waals surface area (Å²) >= 11 is 0. The van der Waals surface area contributed by atoms with Crippen molar-refractivity contribution >= 4 is 33.5 Å². The molecule has 0 bridgehead atoms. The lowest BCUT2D eigenvalue weighted by Gasteiger charge is -2.17. The molecule has 0 aliphatic heterocycles. The fourth-order valence-corrected chi connectivity index (χ4v) is 4.49. The molecule has 0 saturated heterocycles. The van der Waals surface area contributed by atoms with Crippen molar-refractivity contribution in [2.24, 2.45) is 5.41 Å². The summed E-state index contributed by atoms with van der Waals surface area (Å²) in [7, 11) is 0. The molecule has 0 spiro atoms. The van der Waals surface area contributed by atoms with Crippen LogP contribution in [0.4, 0.5) is 5.69 Å². The monoisotopic (exact) mass is 502 g/mol. The van der Waals surface area contributed by atoms with Crippen molar-refractivity contribution in [1.29, 1.82) is 0 Å². The normalized spacial score (nSPS) is 11.8. The van der Waals surface area contributed by atoms with Crippen molar-refractivity contribution in [2.45, 2.75) is 27.2 Å². The number of aromatic nitrogens is 7. The van der Waals surface area contributed by atoms with Gasteiger partial charge in [0.15, 0.2) is 0 Å². The van der Waals surface area contributed by atoms with Crippen LogP contribution in [0.15, 0.2) is 73.4 Å². The third-order valence-electron chi connectivity index (χ3n) is 6.16. The van der Waals surface area contributed by atoms with Gasteiger partial charge in [-0.25, -0.2) is 4.98 Å². The van der Waals surface area contributed by atoms with Crippen molar-refractivity contribution < 1.29 is 4.79 Å². The standard InChI is InChI=1S/C29H26N8O/c1-29(2,3)12-26(38)33-18-10-17(13-30-14-18)21-7-8-23-27(35-21)28(37-36-23)24-11-19-20(15-31-16-25(19)34-24)22-6-4-5-9-32-22/h4-11,13-16,34H,12H2,1-3H3,(H,33,38)(H,36,37). The highest BCUT2D eigenvalue weighted by molar-refractivity contribution is 5.99. The van der Waals surface area contributed by atoms with E-state index >= 15 is 0 Å². The molecule has 188 valence electrons. The van der Waals surface area contributed by atoms with Gasteiger partial charge in [0.2, 0.25) is 5.91 Å². The Morgan fingerprint density at radius 2 is 1.82 bits per heavy atom. The van der Waals surface area contributed by atoms with Crippen molar-refractivity contribution in [3.63, 3.8) is 0 Å². The number of fused-ring (bicyclic) bond motifs is 2. The summed E-state index contributed by atoms with van der Waals surface area (Å²) in [4.78, 5) is 34.0. The Kier molecular flexibility index (Phi) is 5.68. The number of aromatic amines is 2. The first-order valence-corrected chi connectivity index (χ1v) is 12.3. The number of nitrogens with one attached hydrogen (secondary N) is 3. The van der Waals surface area contributed by atoms with Gasteiger partial charge in [-0.05, 0) is 41.8 Å². The van der Waals surface area contributed by atoms with Crippen molar-refractivity contribution in [1.82, 2.24) is 35.1 Å². The van der Waals surface area contributed by atoms with Crippen LogP contribution in [-0.2, 0) is 4.79 Å². The van der Waals surface area contributed by atoms with E-state index in [0.29, 0.717) is 17.8 Å². The number of carbonyl (C=O) groups excluding carboxylic acids is 1. The van der Waals surface area contributed by atoms with Gasteiger partial charge in [0, 0.05) is 41.5 Å². The largest absolute Gasteiger partial charge is 0.352 e. The molecule has 1 amide bonds.